The molecule has 0 spiro atoms. The van der Waals surface area contributed by atoms with Crippen molar-refractivity contribution in [3.8, 4) is 0 Å². The van der Waals surface area contributed by atoms with Gasteiger partial charge in [0.15, 0.2) is 10.8 Å². The molecule has 5 nitrogen and oxygen atoms in total. The summed E-state index contributed by atoms with van der Waals surface area (Å²) in [6.45, 7) is 1.86. The molecule has 0 unspecified atom stereocenters. The lowest BCUT2D eigenvalue weighted by atomic mass is 10.2. The number of hydrogen-bond donors (Lipinski definition) is 0. The summed E-state index contributed by atoms with van der Waals surface area (Å²) in [5, 5.41) is 3.82. The zero-order valence-corrected chi connectivity index (χ0v) is 11.1. The monoisotopic (exact) mass is 306 g/mol. The van der Waals surface area contributed by atoms with Crippen LogP contribution in [0.1, 0.15) is 12.6 Å². The van der Waals surface area contributed by atoms with E-state index in [9.17, 15) is 18.0 Å². The number of halogens is 4. The molecule has 0 atom stereocenters. The van der Waals surface area contributed by atoms with E-state index in [-0.39, 0.29) is 28.7 Å². The van der Waals surface area contributed by atoms with E-state index in [1.165, 1.54) is 12.3 Å². The van der Waals surface area contributed by atoms with E-state index in [0.29, 0.717) is 6.41 Å². The van der Waals surface area contributed by atoms with Gasteiger partial charge in [-0.1, -0.05) is 11.6 Å². The molecule has 0 fully saturated rings. The fraction of sp³-hybridized carbons (Fsp3) is 0.364. The van der Waals surface area contributed by atoms with Crippen molar-refractivity contribution in [2.75, 3.05) is 11.4 Å². The topological polar surface area (TPSA) is 50.5 Å². The molecular formula is C11H10ClF3N4O. The van der Waals surface area contributed by atoms with Crippen molar-refractivity contribution in [1.82, 2.24) is 14.6 Å². The van der Waals surface area contributed by atoms with E-state index in [0.717, 1.165) is 9.42 Å². The normalized spacial score (nSPS) is 11.8. The molecule has 2 rings (SSSR count). The van der Waals surface area contributed by atoms with Crippen LogP contribution in [0.4, 0.5) is 18.9 Å². The van der Waals surface area contributed by atoms with Crippen molar-refractivity contribution in [2.45, 2.75) is 19.5 Å². The molecule has 0 aliphatic rings. The van der Waals surface area contributed by atoms with Crippen LogP contribution in [0.15, 0.2) is 12.3 Å². The summed E-state index contributed by atoms with van der Waals surface area (Å²) in [6.07, 6.45) is -4.01. The Labute approximate surface area is 117 Å². The minimum atomic E-state index is -4.44. The quantitative estimate of drug-likeness (QED) is 0.815. The van der Waals surface area contributed by atoms with Gasteiger partial charge in [0.2, 0.25) is 6.41 Å². The maximum atomic E-state index is 12.7. The molecule has 2 heterocycles. The molecule has 0 bridgehead atoms. The van der Waals surface area contributed by atoms with Crippen LogP contribution in [0.3, 0.4) is 0 Å². The van der Waals surface area contributed by atoms with Gasteiger partial charge in [0.25, 0.3) is 0 Å². The zero-order chi connectivity index (χ0) is 14.9. The van der Waals surface area contributed by atoms with Crippen molar-refractivity contribution in [3.63, 3.8) is 0 Å². The second-order valence-electron chi connectivity index (χ2n) is 4.01. The molecular weight excluding hydrogens is 297 g/mol. The van der Waals surface area contributed by atoms with Gasteiger partial charge < -0.3 is 4.90 Å². The Balaban J connectivity index is 2.66. The lowest BCUT2D eigenvalue weighted by Gasteiger charge is -2.20. The smallest absolute Gasteiger partial charge is 0.312 e. The van der Waals surface area contributed by atoms with Crippen molar-refractivity contribution in [2.24, 2.45) is 0 Å². The molecule has 0 saturated carbocycles. The van der Waals surface area contributed by atoms with Crippen LogP contribution >= 0.6 is 11.6 Å². The summed E-state index contributed by atoms with van der Waals surface area (Å²) in [5.41, 5.74) is 0.0791. The molecule has 0 aliphatic heterocycles. The highest BCUT2D eigenvalue weighted by Crippen LogP contribution is 2.28. The average molecular weight is 307 g/mol. The Morgan fingerprint density at radius 3 is 2.75 bits per heavy atom. The van der Waals surface area contributed by atoms with Gasteiger partial charge in [0, 0.05) is 12.6 Å². The van der Waals surface area contributed by atoms with E-state index in [2.05, 4.69) is 10.1 Å². The Hall–Kier alpha value is -1.83. The molecule has 20 heavy (non-hydrogen) atoms. The van der Waals surface area contributed by atoms with Crippen LogP contribution in [0, 0.1) is 0 Å². The molecule has 0 N–H and O–H groups in total. The first-order chi connectivity index (χ1) is 9.35. The van der Waals surface area contributed by atoms with Crippen LogP contribution in [0.25, 0.3) is 5.65 Å². The molecule has 2 aromatic rings. The maximum Gasteiger partial charge on any atom is 0.394 e. The van der Waals surface area contributed by atoms with E-state index in [1.807, 2.05) is 0 Å². The largest absolute Gasteiger partial charge is 0.394 e. The number of aromatic nitrogens is 3. The van der Waals surface area contributed by atoms with Gasteiger partial charge in [0.05, 0.1) is 24.0 Å². The minimum absolute atomic E-state index is 0.0345. The average Bonchev–Trinajstić information content (AvgIpc) is 2.72. The number of rotatable bonds is 4. The van der Waals surface area contributed by atoms with Crippen LogP contribution in [-0.2, 0) is 11.2 Å². The van der Waals surface area contributed by atoms with Crippen LogP contribution < -0.4 is 4.90 Å². The minimum Gasteiger partial charge on any atom is -0.312 e. The third kappa shape index (κ3) is 2.84. The summed E-state index contributed by atoms with van der Waals surface area (Å²) in [6, 6.07) is 1.35. The lowest BCUT2D eigenvalue weighted by Crippen LogP contribution is -2.25. The number of fused-ring (bicyclic) bond motifs is 1. The highest BCUT2D eigenvalue weighted by molar-refractivity contribution is 6.29. The Morgan fingerprint density at radius 2 is 2.20 bits per heavy atom. The first-order valence-electron chi connectivity index (χ1n) is 5.67. The third-order valence-electron chi connectivity index (χ3n) is 2.68. The summed E-state index contributed by atoms with van der Waals surface area (Å²) in [4.78, 5) is 16.0. The van der Waals surface area contributed by atoms with Gasteiger partial charge in [0.1, 0.15) is 0 Å². The van der Waals surface area contributed by atoms with Gasteiger partial charge in [-0.05, 0) is 6.92 Å². The van der Waals surface area contributed by atoms with Gasteiger partial charge >= 0.3 is 6.18 Å². The fourth-order valence-corrected chi connectivity index (χ4v) is 2.01. The van der Waals surface area contributed by atoms with Crippen LogP contribution in [-0.4, -0.2) is 33.7 Å². The molecule has 0 aliphatic carbocycles. The van der Waals surface area contributed by atoms with Crippen LogP contribution in [0.2, 0.25) is 5.15 Å². The number of carbonyl (C=O) groups excluding carboxylic acids is 1. The highest BCUT2D eigenvalue weighted by atomic mass is 35.5. The zero-order valence-electron chi connectivity index (χ0n) is 10.4. The Bertz CT molecular complexity index is 640. The van der Waals surface area contributed by atoms with Gasteiger partial charge in [-0.25, -0.2) is 9.50 Å². The number of anilines is 1. The van der Waals surface area contributed by atoms with E-state index < -0.39 is 12.6 Å². The Morgan fingerprint density at radius 1 is 1.50 bits per heavy atom. The lowest BCUT2D eigenvalue weighted by molar-refractivity contribution is -0.128. The summed E-state index contributed by atoms with van der Waals surface area (Å²) in [7, 11) is 0. The van der Waals surface area contributed by atoms with Crippen molar-refractivity contribution < 1.29 is 18.0 Å². The van der Waals surface area contributed by atoms with Crippen molar-refractivity contribution >= 4 is 29.3 Å². The number of amides is 1. The Kier molecular flexibility index (Phi) is 3.85. The molecule has 9 heteroatoms. The summed E-state index contributed by atoms with van der Waals surface area (Å²) < 4.78 is 39.2. The molecule has 1 amide bonds. The van der Waals surface area contributed by atoms with Gasteiger partial charge in [-0.15, -0.1) is 0 Å². The van der Waals surface area contributed by atoms with Gasteiger partial charge in [-0.2, -0.15) is 18.3 Å². The maximum absolute atomic E-state index is 12.7. The number of hydrogen-bond acceptors (Lipinski definition) is 3. The number of alkyl halides is 3. The SMILES string of the molecule is CCN(C=O)c1cnc2cc(Cl)nn2c1CC(F)(F)F. The first kappa shape index (κ1) is 14.6. The molecule has 0 saturated heterocycles. The first-order valence-corrected chi connectivity index (χ1v) is 6.05. The summed E-state index contributed by atoms with van der Waals surface area (Å²) >= 11 is 5.69. The second kappa shape index (κ2) is 5.28. The number of nitrogens with zero attached hydrogens (tertiary/aromatic N) is 4. The molecule has 108 valence electrons. The standard InChI is InChI=1S/C11H10ClF3N4O/c1-2-18(6-20)8-5-16-10-3-9(12)17-19(10)7(8)4-11(13,14)15/h3,5-6H,2,4H2,1H3. The van der Waals surface area contributed by atoms with E-state index in [1.54, 1.807) is 6.92 Å². The van der Waals surface area contributed by atoms with Crippen LogP contribution in [0.5, 0.6) is 0 Å². The predicted octanol–water partition coefficient (Wildman–Crippen LogP) is 2.47. The number of carbonyl (C=O) groups is 1. The third-order valence-corrected chi connectivity index (χ3v) is 2.86. The molecule has 0 radical (unpaired) electrons. The second-order valence-corrected chi connectivity index (χ2v) is 4.40. The summed E-state index contributed by atoms with van der Waals surface area (Å²) in [5.74, 6) is 0. The highest BCUT2D eigenvalue weighted by Gasteiger charge is 2.32. The molecule has 2 aromatic heterocycles. The van der Waals surface area contributed by atoms with E-state index >= 15 is 0 Å². The molecule has 0 aromatic carbocycles. The predicted molar refractivity (Wildman–Crippen MR) is 66.8 cm³/mol. The van der Waals surface area contributed by atoms with Gasteiger partial charge in [-0.3, -0.25) is 4.79 Å². The van der Waals surface area contributed by atoms with E-state index in [4.69, 9.17) is 11.6 Å². The fourth-order valence-electron chi connectivity index (χ4n) is 1.84. The van der Waals surface area contributed by atoms with Crippen molar-refractivity contribution in [1.29, 1.82) is 0 Å². The van der Waals surface area contributed by atoms with Crippen molar-refractivity contribution in [3.05, 3.63) is 23.1 Å².